The molecule has 3 rings (SSSR count). The Balaban J connectivity index is 1.80. The van der Waals surface area contributed by atoms with E-state index in [1.807, 2.05) is 0 Å². The highest BCUT2D eigenvalue weighted by molar-refractivity contribution is 6.01. The molecule has 0 spiro atoms. The molecule has 6 nitrogen and oxygen atoms in total. The molecule has 1 amide bonds. The van der Waals surface area contributed by atoms with Gasteiger partial charge in [0, 0.05) is 11.6 Å². The Bertz CT molecular complexity index is 658. The molecule has 19 heavy (non-hydrogen) atoms. The number of carboxylic acids is 1. The number of hydrogen-bond acceptors (Lipinski definition) is 4. The molecule has 1 saturated carbocycles. The molecule has 2 aromatic rings. The maximum absolute atomic E-state index is 11.3. The van der Waals surface area contributed by atoms with Crippen molar-refractivity contribution in [1.29, 1.82) is 0 Å². The lowest BCUT2D eigenvalue weighted by molar-refractivity contribution is -0.139. The number of fused-ring (bicyclic) bond motifs is 1. The first-order valence-electron chi connectivity index (χ1n) is 6.04. The quantitative estimate of drug-likeness (QED) is 0.821. The highest BCUT2D eigenvalue weighted by atomic mass is 16.4. The van der Waals surface area contributed by atoms with Crippen LogP contribution in [0.3, 0.4) is 0 Å². The molecule has 0 aliphatic heterocycles. The van der Waals surface area contributed by atoms with Crippen LogP contribution in [0.2, 0.25) is 0 Å². The fourth-order valence-corrected chi connectivity index (χ4v) is 1.87. The summed E-state index contributed by atoms with van der Waals surface area (Å²) >= 11 is 0. The summed E-state index contributed by atoms with van der Waals surface area (Å²) in [6.45, 7) is 0. The molecule has 0 saturated heterocycles. The second kappa shape index (κ2) is 4.38. The summed E-state index contributed by atoms with van der Waals surface area (Å²) in [5.74, 6) is -0.546. The van der Waals surface area contributed by atoms with Gasteiger partial charge in [0.15, 0.2) is 11.5 Å². The van der Waals surface area contributed by atoms with Crippen molar-refractivity contribution in [2.24, 2.45) is 0 Å². The first-order chi connectivity index (χ1) is 9.11. The number of carbonyl (C=O) groups excluding carboxylic acids is 1. The minimum atomic E-state index is -1.16. The molecule has 1 aliphatic rings. The second-order valence-corrected chi connectivity index (χ2v) is 4.63. The number of carbonyl (C=O) groups is 2. The van der Waals surface area contributed by atoms with E-state index in [4.69, 9.17) is 9.52 Å². The van der Waals surface area contributed by atoms with Crippen LogP contribution in [0.4, 0.5) is 5.69 Å². The van der Waals surface area contributed by atoms with Crippen molar-refractivity contribution in [3.63, 3.8) is 0 Å². The van der Waals surface area contributed by atoms with E-state index in [1.54, 1.807) is 18.2 Å². The molecule has 2 N–H and O–H groups in total. The summed E-state index contributed by atoms with van der Waals surface area (Å²) < 4.78 is 5.60. The Morgan fingerprint density at radius 2 is 2.21 bits per heavy atom. The van der Waals surface area contributed by atoms with Crippen LogP contribution in [0.15, 0.2) is 22.6 Å². The maximum Gasteiger partial charge on any atom is 0.312 e. The smallest absolute Gasteiger partial charge is 0.312 e. The van der Waals surface area contributed by atoms with Gasteiger partial charge in [-0.05, 0) is 31.0 Å². The van der Waals surface area contributed by atoms with Gasteiger partial charge in [-0.15, -0.1) is 0 Å². The van der Waals surface area contributed by atoms with Gasteiger partial charge in [0.1, 0.15) is 11.9 Å². The van der Waals surface area contributed by atoms with Crippen molar-refractivity contribution in [1.82, 2.24) is 4.98 Å². The number of oxazole rings is 1. The van der Waals surface area contributed by atoms with Crippen LogP contribution in [0.25, 0.3) is 11.1 Å². The van der Waals surface area contributed by atoms with Gasteiger partial charge in [-0.2, -0.15) is 0 Å². The van der Waals surface area contributed by atoms with E-state index in [-0.39, 0.29) is 0 Å². The zero-order valence-corrected chi connectivity index (χ0v) is 10.0. The van der Waals surface area contributed by atoms with Gasteiger partial charge in [-0.3, -0.25) is 9.59 Å². The molecule has 1 aliphatic carbocycles. The van der Waals surface area contributed by atoms with E-state index in [0.29, 0.717) is 22.7 Å². The number of aromatic nitrogens is 1. The van der Waals surface area contributed by atoms with Gasteiger partial charge in [-0.25, -0.2) is 4.98 Å². The van der Waals surface area contributed by atoms with Crippen molar-refractivity contribution in [2.45, 2.75) is 25.2 Å². The Morgan fingerprint density at radius 1 is 1.42 bits per heavy atom. The Labute approximate surface area is 108 Å². The molecule has 1 aromatic heterocycles. The Kier molecular flexibility index (Phi) is 2.70. The van der Waals surface area contributed by atoms with E-state index >= 15 is 0 Å². The average Bonchev–Trinajstić information content (AvgIpc) is 3.08. The van der Waals surface area contributed by atoms with Crippen LogP contribution in [0, 0.1) is 0 Å². The molecule has 6 heteroatoms. The number of rotatable bonds is 4. The number of benzene rings is 1. The number of anilines is 1. The number of amides is 1. The van der Waals surface area contributed by atoms with Crippen LogP contribution in [0.1, 0.15) is 31.1 Å². The van der Waals surface area contributed by atoms with Crippen LogP contribution < -0.4 is 5.32 Å². The number of nitrogens with one attached hydrogen (secondary N) is 1. The van der Waals surface area contributed by atoms with Gasteiger partial charge in [-0.1, -0.05) is 0 Å². The minimum Gasteiger partial charge on any atom is -0.481 e. The number of carboxylic acid groups (broad SMARTS) is 1. The van der Waals surface area contributed by atoms with Crippen molar-refractivity contribution in [2.75, 3.05) is 5.32 Å². The molecule has 0 unspecified atom stereocenters. The van der Waals surface area contributed by atoms with E-state index in [2.05, 4.69) is 10.3 Å². The van der Waals surface area contributed by atoms with Crippen molar-refractivity contribution >= 4 is 28.7 Å². The zero-order chi connectivity index (χ0) is 13.4. The molecule has 98 valence electrons. The lowest BCUT2D eigenvalue weighted by Crippen LogP contribution is -2.15. The largest absolute Gasteiger partial charge is 0.481 e. The third kappa shape index (κ3) is 2.57. The molecular weight excluding hydrogens is 248 g/mol. The number of nitrogens with zero attached hydrogens (tertiary/aromatic N) is 1. The van der Waals surface area contributed by atoms with Crippen LogP contribution in [-0.2, 0) is 9.59 Å². The highest BCUT2D eigenvalue weighted by Crippen LogP contribution is 2.40. The van der Waals surface area contributed by atoms with Crippen LogP contribution in [-0.4, -0.2) is 22.0 Å². The molecule has 0 bridgehead atoms. The summed E-state index contributed by atoms with van der Waals surface area (Å²) in [6, 6.07) is 5.08. The molecule has 1 heterocycles. The molecule has 0 radical (unpaired) electrons. The normalized spacial score (nSPS) is 14.5. The van der Waals surface area contributed by atoms with Gasteiger partial charge >= 0.3 is 5.97 Å². The third-order valence-corrected chi connectivity index (χ3v) is 2.93. The fourth-order valence-electron chi connectivity index (χ4n) is 1.87. The van der Waals surface area contributed by atoms with Crippen molar-refractivity contribution in [3.8, 4) is 0 Å². The predicted molar refractivity (Wildman–Crippen MR) is 66.9 cm³/mol. The van der Waals surface area contributed by atoms with Crippen molar-refractivity contribution in [3.05, 3.63) is 24.1 Å². The van der Waals surface area contributed by atoms with Gasteiger partial charge in [0.25, 0.3) is 0 Å². The number of aliphatic carboxylic acids is 1. The lowest BCUT2D eigenvalue weighted by atomic mass is 10.2. The first-order valence-corrected chi connectivity index (χ1v) is 6.04. The monoisotopic (exact) mass is 260 g/mol. The van der Waals surface area contributed by atoms with E-state index < -0.39 is 18.3 Å². The summed E-state index contributed by atoms with van der Waals surface area (Å²) in [7, 11) is 0. The molecule has 0 atom stereocenters. The molecular formula is C13H12N2O4. The summed E-state index contributed by atoms with van der Waals surface area (Å²) in [6.07, 6.45) is 1.66. The summed E-state index contributed by atoms with van der Waals surface area (Å²) in [5, 5.41) is 11.0. The summed E-state index contributed by atoms with van der Waals surface area (Å²) in [4.78, 5) is 26.1. The van der Waals surface area contributed by atoms with Gasteiger partial charge in [0.2, 0.25) is 5.91 Å². The molecule has 1 aromatic carbocycles. The fraction of sp³-hybridized carbons (Fsp3) is 0.308. The SMILES string of the molecule is O=C(O)CC(=O)Nc1ccc2oc(C3CC3)nc2c1. The van der Waals surface area contributed by atoms with E-state index in [0.717, 1.165) is 18.7 Å². The van der Waals surface area contributed by atoms with E-state index in [1.165, 1.54) is 0 Å². The van der Waals surface area contributed by atoms with Crippen LogP contribution in [0.5, 0.6) is 0 Å². The second-order valence-electron chi connectivity index (χ2n) is 4.63. The highest BCUT2D eigenvalue weighted by Gasteiger charge is 2.28. The average molecular weight is 260 g/mol. The zero-order valence-electron chi connectivity index (χ0n) is 10.0. The van der Waals surface area contributed by atoms with Crippen molar-refractivity contribution < 1.29 is 19.1 Å². The standard InChI is InChI=1S/C13H12N2O4/c16-11(6-12(17)18)14-8-3-4-10-9(5-8)15-13(19-10)7-1-2-7/h3-5,7H,1-2,6H2,(H,14,16)(H,17,18). The third-order valence-electron chi connectivity index (χ3n) is 2.93. The van der Waals surface area contributed by atoms with Crippen LogP contribution >= 0.6 is 0 Å². The Hall–Kier alpha value is -2.37. The Morgan fingerprint density at radius 3 is 2.89 bits per heavy atom. The van der Waals surface area contributed by atoms with Gasteiger partial charge < -0.3 is 14.8 Å². The lowest BCUT2D eigenvalue weighted by Gasteiger charge is -2.02. The van der Waals surface area contributed by atoms with Gasteiger partial charge in [0.05, 0.1) is 0 Å². The topological polar surface area (TPSA) is 92.4 Å². The minimum absolute atomic E-state index is 0.428. The predicted octanol–water partition coefficient (Wildman–Crippen LogP) is 2.12. The summed E-state index contributed by atoms with van der Waals surface area (Å²) in [5.41, 5.74) is 1.88. The number of hydrogen-bond donors (Lipinski definition) is 2. The first kappa shape index (κ1) is 11.7. The molecule has 1 fully saturated rings. The van der Waals surface area contributed by atoms with E-state index in [9.17, 15) is 9.59 Å². The maximum atomic E-state index is 11.3.